The lowest BCUT2D eigenvalue weighted by molar-refractivity contribution is 0.166. The van der Waals surface area contributed by atoms with Crippen molar-refractivity contribution < 1.29 is 9.90 Å². The fourth-order valence-corrected chi connectivity index (χ4v) is 4.38. The maximum atomic E-state index is 10.7. The summed E-state index contributed by atoms with van der Waals surface area (Å²) in [6.45, 7) is 3.99. The number of H-pyrrole nitrogens is 1. The van der Waals surface area contributed by atoms with E-state index >= 15 is 0 Å². The van der Waals surface area contributed by atoms with Gasteiger partial charge in [-0.15, -0.1) is 0 Å². The summed E-state index contributed by atoms with van der Waals surface area (Å²) >= 11 is 0. The van der Waals surface area contributed by atoms with Crippen LogP contribution in [-0.2, 0) is 0 Å². The summed E-state index contributed by atoms with van der Waals surface area (Å²) in [6, 6.07) is 6.14. The van der Waals surface area contributed by atoms with Crippen LogP contribution in [0.25, 0.3) is 10.9 Å². The Balaban J connectivity index is 1.46. The molecule has 2 aromatic rings. The summed E-state index contributed by atoms with van der Waals surface area (Å²) in [5.74, 6) is 6.99. The van der Waals surface area contributed by atoms with Gasteiger partial charge in [0.25, 0.3) is 0 Å². The predicted molar refractivity (Wildman–Crippen MR) is 111 cm³/mol. The Kier molecular flexibility index (Phi) is 5.31. The van der Waals surface area contributed by atoms with Crippen LogP contribution in [0.1, 0.15) is 13.3 Å². The average Bonchev–Trinajstić information content (AvgIpc) is 3.17. The molecule has 1 fully saturated rings. The molecular weight excluding hydrogens is 372 g/mol. The molecule has 1 aromatic heterocycles. The zero-order valence-corrected chi connectivity index (χ0v) is 16.4. The van der Waals surface area contributed by atoms with Gasteiger partial charge in [0, 0.05) is 36.4 Å². The van der Waals surface area contributed by atoms with Crippen LogP contribution in [0.3, 0.4) is 0 Å². The first-order chi connectivity index (χ1) is 13.9. The highest BCUT2D eigenvalue weighted by molar-refractivity contribution is 5.82. The lowest BCUT2D eigenvalue weighted by Crippen LogP contribution is -2.63. The average molecular weight is 400 g/mol. The number of carbonyl (C=O) groups is 1. The lowest BCUT2D eigenvalue weighted by atomic mass is 9.83. The third-order valence-corrected chi connectivity index (χ3v) is 5.92. The number of fused-ring (bicyclic) bond motifs is 1. The first kappa shape index (κ1) is 19.5. The molecule has 2 aliphatic rings. The highest BCUT2D eigenvalue weighted by Crippen LogP contribution is 2.30. The van der Waals surface area contributed by atoms with E-state index in [9.17, 15) is 4.79 Å². The van der Waals surface area contributed by atoms with E-state index in [0.29, 0.717) is 19.0 Å². The van der Waals surface area contributed by atoms with Gasteiger partial charge in [-0.1, -0.05) is 6.92 Å². The summed E-state index contributed by atoms with van der Waals surface area (Å²) in [7, 11) is 0. The molecule has 10 nitrogen and oxygen atoms in total. The van der Waals surface area contributed by atoms with E-state index in [1.807, 2.05) is 23.1 Å². The van der Waals surface area contributed by atoms with Gasteiger partial charge in [0.05, 0.1) is 17.8 Å². The van der Waals surface area contributed by atoms with Crippen LogP contribution in [0.2, 0.25) is 0 Å². The molecule has 0 saturated carbocycles. The summed E-state index contributed by atoms with van der Waals surface area (Å²) in [6.07, 6.45) is 3.35. The van der Waals surface area contributed by atoms with Crippen molar-refractivity contribution in [3.05, 3.63) is 36.2 Å². The topological polar surface area (TPSA) is 149 Å². The first-order valence-corrected chi connectivity index (χ1v) is 9.83. The molecule has 8 N–H and O–H groups in total. The lowest BCUT2D eigenvalue weighted by Gasteiger charge is -2.46. The monoisotopic (exact) mass is 400 g/mol. The van der Waals surface area contributed by atoms with Crippen LogP contribution in [0.15, 0.2) is 36.2 Å². The maximum Gasteiger partial charge on any atom is 0.404 e. The molecule has 2 unspecified atom stereocenters. The fourth-order valence-electron chi connectivity index (χ4n) is 4.38. The molecule has 1 amide bonds. The molecule has 0 bridgehead atoms. The zero-order chi connectivity index (χ0) is 20.5. The van der Waals surface area contributed by atoms with Crippen molar-refractivity contribution in [2.45, 2.75) is 25.7 Å². The third-order valence-electron chi connectivity index (χ3n) is 5.92. The molecule has 4 rings (SSSR count). The third kappa shape index (κ3) is 3.86. The number of hydrogen-bond donors (Lipinski definition) is 6. The van der Waals surface area contributed by atoms with Gasteiger partial charge in [0.2, 0.25) is 0 Å². The number of aromatic nitrogens is 2. The van der Waals surface area contributed by atoms with Crippen molar-refractivity contribution in [2.75, 3.05) is 24.5 Å². The maximum absolute atomic E-state index is 10.7. The van der Waals surface area contributed by atoms with Crippen LogP contribution in [0.5, 0.6) is 0 Å². The summed E-state index contributed by atoms with van der Waals surface area (Å²) in [5, 5.41) is 24.5. The highest BCUT2D eigenvalue weighted by atomic mass is 16.4. The normalized spacial score (nSPS) is 27.8. The summed E-state index contributed by atoms with van der Waals surface area (Å²) < 4.78 is 0. The summed E-state index contributed by atoms with van der Waals surface area (Å²) in [5.41, 5.74) is 9.39. The molecular formula is C19H28N8O2. The number of nitrogens with one attached hydrogen (secondary N) is 3. The van der Waals surface area contributed by atoms with Gasteiger partial charge in [-0.3, -0.25) is 15.8 Å². The van der Waals surface area contributed by atoms with Gasteiger partial charge in [0.15, 0.2) is 6.29 Å². The van der Waals surface area contributed by atoms with Gasteiger partial charge >= 0.3 is 6.09 Å². The van der Waals surface area contributed by atoms with E-state index in [1.54, 1.807) is 11.2 Å². The van der Waals surface area contributed by atoms with E-state index in [0.717, 1.165) is 35.3 Å². The van der Waals surface area contributed by atoms with Crippen molar-refractivity contribution in [3.63, 3.8) is 0 Å². The Labute approximate surface area is 168 Å². The largest absolute Gasteiger partial charge is 0.465 e. The number of rotatable bonds is 4. The fraction of sp³-hybridized carbons (Fsp3) is 0.474. The number of amides is 1. The van der Waals surface area contributed by atoms with Crippen molar-refractivity contribution >= 4 is 22.7 Å². The highest BCUT2D eigenvalue weighted by Gasteiger charge is 2.35. The zero-order valence-electron chi connectivity index (χ0n) is 16.4. The molecule has 1 aromatic carbocycles. The number of benzene rings is 1. The van der Waals surface area contributed by atoms with Gasteiger partial charge in [-0.25, -0.2) is 10.6 Å². The van der Waals surface area contributed by atoms with Crippen LogP contribution in [0, 0.1) is 11.8 Å². The smallest absolute Gasteiger partial charge is 0.404 e. The molecule has 10 heteroatoms. The second-order valence-electron chi connectivity index (χ2n) is 7.89. The molecule has 0 spiro atoms. The van der Waals surface area contributed by atoms with Crippen LogP contribution >= 0.6 is 0 Å². The SMILES string of the molecule is C[C@@H]1C[C@@H](CNC(=O)O)CNC1C1=CCN(c2ccc3cn[nH]c3c2)C(N)N1N. The van der Waals surface area contributed by atoms with Crippen molar-refractivity contribution in [1.29, 1.82) is 0 Å². The van der Waals surface area contributed by atoms with E-state index in [4.69, 9.17) is 16.7 Å². The van der Waals surface area contributed by atoms with Crippen LogP contribution < -0.4 is 27.1 Å². The molecule has 4 atom stereocenters. The number of nitrogens with zero attached hydrogens (tertiary/aromatic N) is 3. The number of piperidine rings is 1. The number of carboxylic acid groups (broad SMARTS) is 1. The van der Waals surface area contributed by atoms with Crippen LogP contribution in [-0.4, -0.2) is 58.4 Å². The quantitative estimate of drug-likeness (QED) is 0.408. The number of aromatic amines is 1. The minimum atomic E-state index is -0.984. The molecule has 0 radical (unpaired) electrons. The standard InChI is InChI=1S/C19H28N8O2/c1-11-6-12(9-23-19(28)29)8-22-17(11)16-4-5-26(18(20)27(16)21)14-3-2-13-10-24-25-15(13)7-14/h2-4,7,10-12,17-18,22-23H,5-6,8-9,20-21H2,1H3,(H,24,25)(H,28,29)/t11-,12-,17?,18?/m1/s1. The molecule has 156 valence electrons. The number of hydrogen-bond acceptors (Lipinski definition) is 7. The van der Waals surface area contributed by atoms with E-state index < -0.39 is 12.4 Å². The van der Waals surface area contributed by atoms with Crippen molar-refractivity contribution in [3.8, 4) is 0 Å². The molecule has 3 heterocycles. The van der Waals surface area contributed by atoms with Gasteiger partial charge < -0.3 is 20.6 Å². The second kappa shape index (κ2) is 7.90. The van der Waals surface area contributed by atoms with Crippen molar-refractivity contribution in [1.82, 2.24) is 25.8 Å². The summed E-state index contributed by atoms with van der Waals surface area (Å²) in [4.78, 5) is 12.8. The minimum Gasteiger partial charge on any atom is -0.465 e. The van der Waals surface area contributed by atoms with Gasteiger partial charge in [0.1, 0.15) is 0 Å². The first-order valence-electron chi connectivity index (χ1n) is 9.83. The number of nitrogens with two attached hydrogens (primary N) is 2. The Hall–Kier alpha value is -2.82. The van der Waals surface area contributed by atoms with Gasteiger partial charge in [-0.2, -0.15) is 5.10 Å². The molecule has 0 aliphatic carbocycles. The molecule has 29 heavy (non-hydrogen) atoms. The van der Waals surface area contributed by atoms with Gasteiger partial charge in [-0.05, 0) is 42.5 Å². The van der Waals surface area contributed by atoms with Crippen LogP contribution in [0.4, 0.5) is 10.5 Å². The Morgan fingerprint density at radius 2 is 2.28 bits per heavy atom. The molecule has 1 saturated heterocycles. The Morgan fingerprint density at radius 1 is 1.45 bits per heavy atom. The number of anilines is 1. The number of hydrazine groups is 1. The van der Waals surface area contributed by atoms with E-state index in [1.165, 1.54) is 0 Å². The Morgan fingerprint density at radius 3 is 3.03 bits per heavy atom. The van der Waals surface area contributed by atoms with Crippen molar-refractivity contribution in [2.24, 2.45) is 23.4 Å². The Bertz CT molecular complexity index is 913. The predicted octanol–water partition coefficient (Wildman–Crippen LogP) is 0.567. The minimum absolute atomic E-state index is 0.0874. The molecule has 2 aliphatic heterocycles. The van der Waals surface area contributed by atoms with E-state index in [-0.39, 0.29) is 12.0 Å². The second-order valence-corrected chi connectivity index (χ2v) is 7.89. The van der Waals surface area contributed by atoms with E-state index in [2.05, 4.69) is 33.8 Å².